The summed E-state index contributed by atoms with van der Waals surface area (Å²) in [5, 5.41) is 12.4. The van der Waals surface area contributed by atoms with Crippen LogP contribution < -0.4 is 14.8 Å². The Morgan fingerprint density at radius 3 is 2.83 bits per heavy atom. The first-order valence-electron chi connectivity index (χ1n) is 11.0. The maximum absolute atomic E-state index is 8.95. The number of aliphatic imine (C=N–C) groups is 1. The van der Waals surface area contributed by atoms with Crippen LogP contribution in [0.4, 0.5) is 0 Å². The number of guanidine groups is 1. The third-order valence-electron chi connectivity index (χ3n) is 5.53. The van der Waals surface area contributed by atoms with Gasteiger partial charge in [0.05, 0.1) is 33.5 Å². The lowest BCUT2D eigenvalue weighted by molar-refractivity contribution is 0.0315. The molecule has 1 aromatic carbocycles. The molecule has 2 fully saturated rings. The van der Waals surface area contributed by atoms with Crippen molar-refractivity contribution in [1.82, 2.24) is 15.1 Å². The standard InChI is InChI=1S/C22H36N4O4/c1-3-23-22(26-7-6-19(17-26)16-25-8-11-29-12-9-25)24-15-18-4-5-20(30-13-10-27)21(14-18)28-2/h4-5,14,19,27H,3,6-13,15-17H2,1-2H3,(H,23,24). The second kappa shape index (κ2) is 12.0. The van der Waals surface area contributed by atoms with Crippen molar-refractivity contribution in [1.29, 1.82) is 0 Å². The first kappa shape index (κ1) is 22.7. The highest BCUT2D eigenvalue weighted by Gasteiger charge is 2.27. The van der Waals surface area contributed by atoms with Crippen LogP contribution in [0.5, 0.6) is 11.5 Å². The van der Waals surface area contributed by atoms with E-state index < -0.39 is 0 Å². The molecule has 0 spiro atoms. The molecule has 0 amide bonds. The van der Waals surface area contributed by atoms with Crippen molar-refractivity contribution in [3.8, 4) is 11.5 Å². The zero-order chi connectivity index (χ0) is 21.2. The first-order valence-corrected chi connectivity index (χ1v) is 11.0. The Bertz CT molecular complexity index is 679. The summed E-state index contributed by atoms with van der Waals surface area (Å²) in [6.45, 7) is 10.8. The molecule has 2 aliphatic heterocycles. The van der Waals surface area contributed by atoms with Crippen molar-refractivity contribution in [2.75, 3.05) is 72.8 Å². The molecule has 2 N–H and O–H groups in total. The van der Waals surface area contributed by atoms with Gasteiger partial charge in [0.15, 0.2) is 17.5 Å². The molecule has 1 unspecified atom stereocenters. The molecule has 168 valence electrons. The van der Waals surface area contributed by atoms with Crippen LogP contribution in [0.15, 0.2) is 23.2 Å². The third-order valence-corrected chi connectivity index (χ3v) is 5.53. The number of likely N-dealkylation sites (tertiary alicyclic amines) is 1. The van der Waals surface area contributed by atoms with E-state index in [9.17, 15) is 0 Å². The molecule has 0 saturated carbocycles. The van der Waals surface area contributed by atoms with Crippen LogP contribution in [0.1, 0.15) is 18.9 Å². The molecule has 0 aromatic heterocycles. The molecule has 0 aliphatic carbocycles. The number of hydrogen-bond donors (Lipinski definition) is 2. The number of ether oxygens (including phenoxy) is 3. The second-order valence-electron chi connectivity index (χ2n) is 7.74. The van der Waals surface area contributed by atoms with E-state index >= 15 is 0 Å². The number of methoxy groups -OCH3 is 1. The number of aliphatic hydroxyl groups is 1. The third kappa shape index (κ3) is 6.48. The lowest BCUT2D eigenvalue weighted by atomic mass is 10.1. The number of nitrogens with zero attached hydrogens (tertiary/aromatic N) is 3. The monoisotopic (exact) mass is 420 g/mol. The fourth-order valence-corrected chi connectivity index (χ4v) is 4.00. The van der Waals surface area contributed by atoms with Gasteiger partial charge in [0.25, 0.3) is 0 Å². The van der Waals surface area contributed by atoms with Crippen LogP contribution >= 0.6 is 0 Å². The van der Waals surface area contributed by atoms with Crippen LogP contribution in [0.2, 0.25) is 0 Å². The number of benzene rings is 1. The van der Waals surface area contributed by atoms with Gasteiger partial charge in [-0.3, -0.25) is 4.90 Å². The van der Waals surface area contributed by atoms with Gasteiger partial charge in [-0.05, 0) is 37.0 Å². The van der Waals surface area contributed by atoms with Crippen LogP contribution in [-0.4, -0.2) is 93.7 Å². The van der Waals surface area contributed by atoms with Gasteiger partial charge >= 0.3 is 0 Å². The van der Waals surface area contributed by atoms with Crippen molar-refractivity contribution >= 4 is 5.96 Å². The first-order chi connectivity index (χ1) is 14.7. The summed E-state index contributed by atoms with van der Waals surface area (Å²) in [5.74, 6) is 2.95. The van der Waals surface area contributed by atoms with Crippen LogP contribution in [0.3, 0.4) is 0 Å². The molecule has 0 bridgehead atoms. The number of aliphatic hydroxyl groups excluding tert-OH is 1. The van der Waals surface area contributed by atoms with E-state index in [1.807, 2.05) is 18.2 Å². The predicted octanol–water partition coefficient (Wildman–Crippen LogP) is 1.19. The van der Waals surface area contributed by atoms with E-state index in [-0.39, 0.29) is 13.2 Å². The zero-order valence-corrected chi connectivity index (χ0v) is 18.3. The largest absolute Gasteiger partial charge is 0.493 e. The van der Waals surface area contributed by atoms with Gasteiger partial charge < -0.3 is 29.5 Å². The Hall–Kier alpha value is -2.03. The number of morpholine rings is 1. The van der Waals surface area contributed by atoms with E-state index in [1.165, 1.54) is 6.42 Å². The van der Waals surface area contributed by atoms with E-state index in [4.69, 9.17) is 24.3 Å². The SMILES string of the molecule is CCNC(=NCc1ccc(OCCO)c(OC)c1)N1CCC(CN2CCOCC2)C1. The van der Waals surface area contributed by atoms with E-state index in [1.54, 1.807) is 7.11 Å². The zero-order valence-electron chi connectivity index (χ0n) is 18.3. The summed E-state index contributed by atoms with van der Waals surface area (Å²) in [6.07, 6.45) is 1.20. The number of hydrogen-bond acceptors (Lipinski definition) is 6. The van der Waals surface area contributed by atoms with Crippen LogP contribution in [0.25, 0.3) is 0 Å². The molecule has 1 aromatic rings. The molecule has 3 rings (SSSR count). The Morgan fingerprint density at radius 1 is 1.27 bits per heavy atom. The molecule has 8 nitrogen and oxygen atoms in total. The van der Waals surface area contributed by atoms with Crippen LogP contribution in [-0.2, 0) is 11.3 Å². The lowest BCUT2D eigenvalue weighted by Gasteiger charge is -2.29. The summed E-state index contributed by atoms with van der Waals surface area (Å²) in [6, 6.07) is 5.82. The van der Waals surface area contributed by atoms with Crippen molar-refractivity contribution < 1.29 is 19.3 Å². The molecular formula is C22H36N4O4. The Morgan fingerprint density at radius 2 is 2.10 bits per heavy atom. The summed E-state index contributed by atoms with van der Waals surface area (Å²) >= 11 is 0. The van der Waals surface area contributed by atoms with Gasteiger partial charge in [-0.2, -0.15) is 0 Å². The Balaban J connectivity index is 1.59. The number of rotatable bonds is 9. The minimum Gasteiger partial charge on any atom is -0.493 e. The Kier molecular flexibility index (Phi) is 9.04. The molecule has 2 aliphatic rings. The predicted molar refractivity (Wildman–Crippen MR) is 117 cm³/mol. The molecule has 8 heteroatoms. The summed E-state index contributed by atoms with van der Waals surface area (Å²) in [7, 11) is 1.62. The summed E-state index contributed by atoms with van der Waals surface area (Å²) in [5.41, 5.74) is 1.06. The van der Waals surface area contributed by atoms with Gasteiger partial charge in [0.1, 0.15) is 6.61 Å². The average molecular weight is 421 g/mol. The molecule has 2 saturated heterocycles. The smallest absolute Gasteiger partial charge is 0.194 e. The fourth-order valence-electron chi connectivity index (χ4n) is 4.00. The van der Waals surface area contributed by atoms with Crippen molar-refractivity contribution in [2.24, 2.45) is 10.9 Å². The highest BCUT2D eigenvalue weighted by atomic mass is 16.5. The molecule has 30 heavy (non-hydrogen) atoms. The van der Waals surface area contributed by atoms with Crippen molar-refractivity contribution in [2.45, 2.75) is 19.9 Å². The summed E-state index contributed by atoms with van der Waals surface area (Å²) < 4.78 is 16.4. The van der Waals surface area contributed by atoms with Crippen LogP contribution in [0, 0.1) is 5.92 Å². The van der Waals surface area contributed by atoms with Gasteiger partial charge in [0.2, 0.25) is 0 Å². The molecule has 0 radical (unpaired) electrons. The van der Waals surface area contributed by atoms with Gasteiger partial charge in [0, 0.05) is 39.3 Å². The lowest BCUT2D eigenvalue weighted by Crippen LogP contribution is -2.42. The maximum atomic E-state index is 8.95. The highest BCUT2D eigenvalue weighted by Crippen LogP contribution is 2.28. The molecular weight excluding hydrogens is 384 g/mol. The van der Waals surface area contributed by atoms with E-state index in [0.717, 1.165) is 64.0 Å². The molecule has 2 heterocycles. The highest BCUT2D eigenvalue weighted by molar-refractivity contribution is 5.80. The summed E-state index contributed by atoms with van der Waals surface area (Å²) in [4.78, 5) is 9.78. The van der Waals surface area contributed by atoms with Gasteiger partial charge in [-0.25, -0.2) is 4.99 Å². The van der Waals surface area contributed by atoms with E-state index in [2.05, 4.69) is 22.0 Å². The average Bonchev–Trinajstić information content (AvgIpc) is 3.24. The molecule has 1 atom stereocenters. The minimum absolute atomic E-state index is 0.0242. The second-order valence-corrected chi connectivity index (χ2v) is 7.74. The van der Waals surface area contributed by atoms with E-state index in [0.29, 0.717) is 24.0 Å². The quantitative estimate of drug-likeness (QED) is 0.459. The number of nitrogens with one attached hydrogen (secondary N) is 1. The Labute approximate surface area is 179 Å². The minimum atomic E-state index is -0.0242. The topological polar surface area (TPSA) is 78.8 Å². The van der Waals surface area contributed by atoms with Gasteiger partial charge in [-0.1, -0.05) is 6.07 Å². The van der Waals surface area contributed by atoms with Crippen molar-refractivity contribution in [3.05, 3.63) is 23.8 Å². The normalized spacial score (nSPS) is 20.4. The van der Waals surface area contributed by atoms with Crippen molar-refractivity contribution in [3.63, 3.8) is 0 Å². The maximum Gasteiger partial charge on any atom is 0.194 e. The van der Waals surface area contributed by atoms with Gasteiger partial charge in [-0.15, -0.1) is 0 Å². The fraction of sp³-hybridized carbons (Fsp3) is 0.682.